The predicted octanol–water partition coefficient (Wildman–Crippen LogP) is 3.93. The number of anilines is 5. The van der Waals surface area contributed by atoms with Crippen molar-refractivity contribution in [3.05, 3.63) is 66.9 Å². The summed E-state index contributed by atoms with van der Waals surface area (Å²) in [5.74, 6) is 0.806. The molecule has 3 N–H and O–H groups in total. The molecule has 26 heavy (non-hydrogen) atoms. The highest BCUT2D eigenvalue weighted by molar-refractivity contribution is 5.99. The summed E-state index contributed by atoms with van der Waals surface area (Å²) in [6.07, 6.45) is 1.58. The van der Waals surface area contributed by atoms with Gasteiger partial charge in [0.25, 0.3) is 0 Å². The fourth-order valence-corrected chi connectivity index (χ4v) is 2.26. The lowest BCUT2D eigenvalue weighted by molar-refractivity contribution is 0.262. The van der Waals surface area contributed by atoms with E-state index in [-0.39, 0.29) is 6.03 Å². The second-order valence-corrected chi connectivity index (χ2v) is 5.78. The summed E-state index contributed by atoms with van der Waals surface area (Å²) in [6.45, 7) is 0. The second-order valence-electron chi connectivity index (χ2n) is 5.78. The van der Waals surface area contributed by atoms with Crippen molar-refractivity contribution in [2.75, 3.05) is 34.9 Å². The summed E-state index contributed by atoms with van der Waals surface area (Å²) in [4.78, 5) is 22.6. The van der Waals surface area contributed by atoms with Crippen LogP contribution in [-0.4, -0.2) is 30.1 Å². The van der Waals surface area contributed by atoms with Gasteiger partial charge < -0.3 is 15.5 Å². The van der Waals surface area contributed by atoms with Gasteiger partial charge in [0.15, 0.2) is 0 Å². The van der Waals surface area contributed by atoms with Crippen LogP contribution in [0.2, 0.25) is 0 Å². The molecular weight excluding hydrogens is 328 g/mol. The number of aromatic nitrogens is 2. The third kappa shape index (κ3) is 4.70. The summed E-state index contributed by atoms with van der Waals surface area (Å²) in [5.41, 5.74) is 2.67. The molecule has 0 aliphatic carbocycles. The number of carbonyl (C=O) groups excluding carboxylic acids is 1. The van der Waals surface area contributed by atoms with Crippen LogP contribution in [0.4, 0.5) is 33.6 Å². The lowest BCUT2D eigenvalue weighted by Gasteiger charge is -2.13. The van der Waals surface area contributed by atoms with E-state index < -0.39 is 0 Å². The van der Waals surface area contributed by atoms with Crippen LogP contribution in [0.3, 0.4) is 0 Å². The largest absolute Gasteiger partial charge is 0.378 e. The van der Waals surface area contributed by atoms with Crippen molar-refractivity contribution in [1.29, 1.82) is 0 Å². The van der Waals surface area contributed by atoms with Crippen LogP contribution in [0, 0.1) is 0 Å². The standard InChI is InChI=1S/C19H20N6O/c1-25(2)16-10-8-15(9-11-16)21-18-20-13-12-17(23-18)24-19(26)22-14-6-4-3-5-7-14/h3-13H,1-2H3,(H3,20,21,22,23,24,26). The van der Waals surface area contributed by atoms with Gasteiger partial charge in [0.05, 0.1) is 0 Å². The van der Waals surface area contributed by atoms with Crippen LogP contribution < -0.4 is 20.9 Å². The Kier molecular flexibility index (Phi) is 5.28. The zero-order chi connectivity index (χ0) is 18.4. The Morgan fingerprint density at radius 3 is 2.31 bits per heavy atom. The van der Waals surface area contributed by atoms with Gasteiger partial charge in [0.1, 0.15) is 5.82 Å². The smallest absolute Gasteiger partial charge is 0.324 e. The number of amides is 2. The minimum atomic E-state index is -0.365. The Morgan fingerprint density at radius 1 is 0.885 bits per heavy atom. The maximum atomic E-state index is 12.0. The van der Waals surface area contributed by atoms with Crippen molar-refractivity contribution < 1.29 is 4.79 Å². The van der Waals surface area contributed by atoms with Gasteiger partial charge in [-0.05, 0) is 42.5 Å². The third-order valence-corrected chi connectivity index (χ3v) is 3.57. The molecule has 1 aromatic heterocycles. The van der Waals surface area contributed by atoms with E-state index in [0.717, 1.165) is 11.4 Å². The maximum absolute atomic E-state index is 12.0. The Hall–Kier alpha value is -3.61. The SMILES string of the molecule is CN(C)c1ccc(Nc2nccc(NC(=O)Nc3ccccc3)n2)cc1. The van der Waals surface area contributed by atoms with Crippen molar-refractivity contribution in [2.24, 2.45) is 0 Å². The monoisotopic (exact) mass is 348 g/mol. The van der Waals surface area contributed by atoms with Crippen LogP contribution in [0.25, 0.3) is 0 Å². The Labute approximate surface area is 152 Å². The normalized spacial score (nSPS) is 10.1. The molecule has 7 heteroatoms. The first-order valence-electron chi connectivity index (χ1n) is 8.11. The number of rotatable bonds is 5. The molecular formula is C19H20N6O. The molecule has 2 amide bonds. The number of carbonyl (C=O) groups is 1. The molecule has 132 valence electrons. The number of nitrogens with zero attached hydrogens (tertiary/aromatic N) is 3. The third-order valence-electron chi connectivity index (χ3n) is 3.57. The number of benzene rings is 2. The molecule has 3 aromatic rings. The van der Waals surface area contributed by atoms with Gasteiger partial charge in [-0.15, -0.1) is 0 Å². The van der Waals surface area contributed by atoms with Gasteiger partial charge in [0.2, 0.25) is 5.95 Å². The van der Waals surface area contributed by atoms with Crippen LogP contribution >= 0.6 is 0 Å². The van der Waals surface area contributed by atoms with Crippen molar-refractivity contribution in [1.82, 2.24) is 9.97 Å². The van der Waals surface area contributed by atoms with Gasteiger partial charge in [-0.1, -0.05) is 18.2 Å². The number of hydrogen-bond acceptors (Lipinski definition) is 5. The first-order valence-corrected chi connectivity index (χ1v) is 8.11. The fraction of sp³-hybridized carbons (Fsp3) is 0.105. The van der Waals surface area contributed by atoms with Gasteiger partial charge in [-0.3, -0.25) is 5.32 Å². The maximum Gasteiger partial charge on any atom is 0.324 e. The van der Waals surface area contributed by atoms with Crippen LogP contribution in [0.5, 0.6) is 0 Å². The summed E-state index contributed by atoms with van der Waals surface area (Å²) >= 11 is 0. The molecule has 0 spiro atoms. The number of nitrogens with one attached hydrogen (secondary N) is 3. The number of para-hydroxylation sites is 1. The second kappa shape index (κ2) is 7.98. The topological polar surface area (TPSA) is 82.2 Å². The van der Waals surface area contributed by atoms with Gasteiger partial charge in [-0.2, -0.15) is 4.98 Å². The highest BCUT2D eigenvalue weighted by atomic mass is 16.2. The van der Waals surface area contributed by atoms with Gasteiger partial charge in [0, 0.05) is 37.4 Å². The first-order chi connectivity index (χ1) is 12.6. The number of urea groups is 1. The van der Waals surface area contributed by atoms with Gasteiger partial charge >= 0.3 is 6.03 Å². The van der Waals surface area contributed by atoms with Gasteiger partial charge in [-0.25, -0.2) is 9.78 Å². The van der Waals surface area contributed by atoms with Crippen molar-refractivity contribution in [2.45, 2.75) is 0 Å². The summed E-state index contributed by atoms with van der Waals surface area (Å²) in [6, 6.07) is 18.4. The zero-order valence-corrected chi connectivity index (χ0v) is 14.6. The molecule has 0 aliphatic rings. The van der Waals surface area contributed by atoms with E-state index in [4.69, 9.17) is 0 Å². The first kappa shape index (κ1) is 17.2. The molecule has 0 bridgehead atoms. The quantitative estimate of drug-likeness (QED) is 0.651. The molecule has 0 saturated carbocycles. The van der Waals surface area contributed by atoms with E-state index in [9.17, 15) is 4.79 Å². The molecule has 1 heterocycles. The molecule has 3 rings (SSSR count). The minimum Gasteiger partial charge on any atom is -0.378 e. The highest BCUT2D eigenvalue weighted by Gasteiger charge is 2.05. The zero-order valence-electron chi connectivity index (χ0n) is 14.6. The molecule has 0 radical (unpaired) electrons. The Balaban J connectivity index is 1.63. The van der Waals surface area contributed by atoms with E-state index in [0.29, 0.717) is 17.5 Å². The van der Waals surface area contributed by atoms with E-state index in [1.165, 1.54) is 0 Å². The van der Waals surface area contributed by atoms with Crippen molar-refractivity contribution in [3.63, 3.8) is 0 Å². The average molecular weight is 348 g/mol. The fourth-order valence-electron chi connectivity index (χ4n) is 2.26. The van der Waals surface area contributed by atoms with Crippen LogP contribution in [-0.2, 0) is 0 Å². The van der Waals surface area contributed by atoms with Crippen LogP contribution in [0.15, 0.2) is 66.9 Å². The Morgan fingerprint density at radius 2 is 1.62 bits per heavy atom. The summed E-state index contributed by atoms with van der Waals surface area (Å²) in [7, 11) is 3.97. The molecule has 0 unspecified atom stereocenters. The molecule has 7 nitrogen and oxygen atoms in total. The summed E-state index contributed by atoms with van der Waals surface area (Å²) in [5, 5.41) is 8.55. The molecule has 0 fully saturated rings. The van der Waals surface area contributed by atoms with Crippen molar-refractivity contribution >= 4 is 34.9 Å². The average Bonchev–Trinajstić information content (AvgIpc) is 2.63. The highest BCUT2D eigenvalue weighted by Crippen LogP contribution is 2.18. The number of hydrogen-bond donors (Lipinski definition) is 3. The van der Waals surface area contributed by atoms with E-state index in [2.05, 4.69) is 25.9 Å². The predicted molar refractivity (Wildman–Crippen MR) is 105 cm³/mol. The van der Waals surface area contributed by atoms with E-state index in [1.54, 1.807) is 12.3 Å². The molecule has 0 aliphatic heterocycles. The van der Waals surface area contributed by atoms with E-state index in [1.807, 2.05) is 73.6 Å². The van der Waals surface area contributed by atoms with Crippen LogP contribution in [0.1, 0.15) is 0 Å². The minimum absolute atomic E-state index is 0.365. The lowest BCUT2D eigenvalue weighted by Crippen LogP contribution is -2.20. The Bertz CT molecular complexity index is 865. The molecule has 2 aromatic carbocycles. The van der Waals surface area contributed by atoms with Crippen molar-refractivity contribution in [3.8, 4) is 0 Å². The lowest BCUT2D eigenvalue weighted by atomic mass is 10.2. The van der Waals surface area contributed by atoms with E-state index >= 15 is 0 Å². The molecule has 0 atom stereocenters. The molecule has 0 saturated heterocycles. The summed E-state index contributed by atoms with van der Waals surface area (Å²) < 4.78 is 0.